The third kappa shape index (κ3) is 9.73. The molecular weight excluding hydrogens is 801 g/mol. The molecule has 0 aromatic rings. The molecule has 1 spiro atoms. The van der Waals surface area contributed by atoms with Crippen molar-refractivity contribution < 1.29 is 67.5 Å². The van der Waals surface area contributed by atoms with E-state index in [1.165, 1.54) is 0 Å². The highest BCUT2D eigenvalue weighted by atomic mass is 16.7. The first-order valence-electron chi connectivity index (χ1n) is 23.2. The summed E-state index contributed by atoms with van der Waals surface area (Å²) in [6.45, 7) is 16.3. The van der Waals surface area contributed by atoms with Gasteiger partial charge < -0.3 is 62.7 Å². The van der Waals surface area contributed by atoms with Gasteiger partial charge in [0.2, 0.25) is 0 Å². The summed E-state index contributed by atoms with van der Waals surface area (Å²) in [7, 11) is 3.22. The maximum absolute atomic E-state index is 14.4. The van der Waals surface area contributed by atoms with Crippen LogP contribution in [0.2, 0.25) is 0 Å². The standard InChI is InChI=1S/C48H74O14/c1-11-25(2)43-28(5)17-18-47(62-43)23-34-20-33(61-47)16-15-27(4)42(26(3)13-12-14-32-24-55-45-40(49)29(6)19-35(46(51)58-34)48(32,45)52)59-39-22-37(54-10)44(31(8)57-39)60-38-21-36(53-9)41(50)30(7)56-38/h12-15,17-18,25-26,28-31,33-45,49-50,52H,11,16,19-24H2,1-10H3. The first-order valence-corrected chi connectivity index (χ1v) is 23.2. The number of allylic oxidation sites excluding steroid dienone is 2. The van der Waals surface area contributed by atoms with E-state index in [1.54, 1.807) is 27.2 Å². The molecule has 14 nitrogen and oxygen atoms in total. The van der Waals surface area contributed by atoms with Crippen LogP contribution < -0.4 is 0 Å². The molecule has 1 saturated carbocycles. The first kappa shape index (κ1) is 47.9. The minimum atomic E-state index is -1.76. The Bertz CT molecular complexity index is 1660. The van der Waals surface area contributed by atoms with Crippen LogP contribution in [0.25, 0.3) is 0 Å². The zero-order chi connectivity index (χ0) is 44.7. The molecule has 21 unspecified atom stereocenters. The smallest absolute Gasteiger partial charge is 0.312 e. The minimum absolute atomic E-state index is 0.0650. The van der Waals surface area contributed by atoms with E-state index in [-0.39, 0.29) is 55.0 Å². The summed E-state index contributed by atoms with van der Waals surface area (Å²) in [5.41, 5.74) is -0.276. The lowest BCUT2D eigenvalue weighted by molar-refractivity contribution is -0.318. The summed E-state index contributed by atoms with van der Waals surface area (Å²) in [4.78, 5) is 14.4. The van der Waals surface area contributed by atoms with E-state index in [0.29, 0.717) is 37.7 Å². The normalized spacial score (nSPS) is 48.2. The molecular formula is C48H74O14. The Kier molecular flexibility index (Phi) is 15.3. The quantitative estimate of drug-likeness (QED) is 0.208. The van der Waals surface area contributed by atoms with Gasteiger partial charge in [-0.25, -0.2) is 0 Å². The van der Waals surface area contributed by atoms with Crippen molar-refractivity contribution in [1.82, 2.24) is 0 Å². The molecule has 4 saturated heterocycles. The summed E-state index contributed by atoms with van der Waals surface area (Å²) in [5.74, 6) is -2.58. The number of hydrogen-bond acceptors (Lipinski definition) is 14. The fourth-order valence-corrected chi connectivity index (χ4v) is 10.9. The van der Waals surface area contributed by atoms with Crippen LogP contribution in [-0.4, -0.2) is 139 Å². The van der Waals surface area contributed by atoms with E-state index in [4.69, 9.17) is 47.4 Å². The van der Waals surface area contributed by atoms with Gasteiger partial charge in [-0.15, -0.1) is 0 Å². The van der Waals surface area contributed by atoms with Crippen LogP contribution in [0.4, 0.5) is 0 Å². The molecule has 0 amide bonds. The Morgan fingerprint density at radius 1 is 0.871 bits per heavy atom. The van der Waals surface area contributed by atoms with E-state index < -0.39 is 90.8 Å². The van der Waals surface area contributed by atoms with E-state index in [1.807, 2.05) is 39.0 Å². The lowest BCUT2D eigenvalue weighted by Gasteiger charge is -2.49. The SMILES string of the molecule is CCC(C)C1OC2(C=CC1C)CC1CC(CC=C(C)C(OC3CC(OC)C(OC4CC(OC)C(O)C(C)O4)C(C)O3)C(C)C=CC=C3COC4C(O)C(C)CC(C(=O)O1)C34O)O2. The van der Waals surface area contributed by atoms with Crippen molar-refractivity contribution in [3.05, 3.63) is 47.6 Å². The third-order valence-corrected chi connectivity index (χ3v) is 14.9. The molecule has 5 fully saturated rings. The molecule has 0 aromatic heterocycles. The van der Waals surface area contributed by atoms with Crippen molar-refractivity contribution in [3.63, 3.8) is 0 Å². The van der Waals surface area contributed by atoms with Gasteiger partial charge in [-0.05, 0) is 62.7 Å². The van der Waals surface area contributed by atoms with Crippen LogP contribution in [-0.2, 0) is 52.2 Å². The predicted octanol–water partition coefficient (Wildman–Crippen LogP) is 5.46. The van der Waals surface area contributed by atoms with Gasteiger partial charge in [-0.3, -0.25) is 4.79 Å². The molecule has 3 N–H and O–H groups in total. The van der Waals surface area contributed by atoms with Crippen molar-refractivity contribution in [2.45, 2.75) is 198 Å². The maximum atomic E-state index is 14.4. The van der Waals surface area contributed by atoms with Gasteiger partial charge in [0.1, 0.15) is 30.0 Å². The molecule has 350 valence electrons. The molecule has 0 radical (unpaired) electrons. The van der Waals surface area contributed by atoms with Gasteiger partial charge in [-0.2, -0.15) is 0 Å². The lowest BCUT2D eigenvalue weighted by Crippen LogP contribution is -2.61. The van der Waals surface area contributed by atoms with Gasteiger partial charge in [0.25, 0.3) is 0 Å². The van der Waals surface area contributed by atoms with E-state index in [0.717, 1.165) is 12.0 Å². The Morgan fingerprint density at radius 2 is 1.58 bits per heavy atom. The van der Waals surface area contributed by atoms with Crippen LogP contribution in [0.15, 0.2) is 47.6 Å². The van der Waals surface area contributed by atoms with Crippen LogP contribution in [0.1, 0.15) is 100 Å². The van der Waals surface area contributed by atoms with E-state index >= 15 is 0 Å². The van der Waals surface area contributed by atoms with Crippen LogP contribution >= 0.6 is 0 Å². The van der Waals surface area contributed by atoms with Crippen LogP contribution in [0, 0.1) is 29.6 Å². The number of hydrogen-bond donors (Lipinski definition) is 3. The zero-order valence-corrected chi connectivity index (χ0v) is 38.4. The molecule has 62 heavy (non-hydrogen) atoms. The average molecular weight is 875 g/mol. The summed E-state index contributed by atoms with van der Waals surface area (Å²) in [6, 6.07) is 0. The number of ether oxygens (including phenoxy) is 10. The third-order valence-electron chi connectivity index (χ3n) is 14.9. The van der Waals surface area contributed by atoms with Crippen molar-refractivity contribution in [2.75, 3.05) is 20.8 Å². The zero-order valence-electron chi connectivity index (χ0n) is 38.4. The highest BCUT2D eigenvalue weighted by Gasteiger charge is 2.62. The fourth-order valence-electron chi connectivity index (χ4n) is 10.9. The van der Waals surface area contributed by atoms with Gasteiger partial charge in [0.05, 0.1) is 61.4 Å². The van der Waals surface area contributed by atoms with Gasteiger partial charge in [-0.1, -0.05) is 71.4 Å². The predicted molar refractivity (Wildman–Crippen MR) is 227 cm³/mol. The molecule has 6 aliphatic heterocycles. The molecule has 14 heteroatoms. The van der Waals surface area contributed by atoms with E-state index in [9.17, 15) is 20.1 Å². The molecule has 1 aliphatic carbocycles. The van der Waals surface area contributed by atoms with Crippen molar-refractivity contribution in [2.24, 2.45) is 29.6 Å². The summed E-state index contributed by atoms with van der Waals surface area (Å²) >= 11 is 0. The van der Waals surface area contributed by atoms with Gasteiger partial charge in [0.15, 0.2) is 18.4 Å². The average Bonchev–Trinajstić information content (AvgIpc) is 3.58. The number of carbonyl (C=O) groups excluding carboxylic acids is 1. The number of aliphatic hydroxyl groups excluding tert-OH is 2. The fraction of sp³-hybridized carbons (Fsp3) is 0.812. The highest BCUT2D eigenvalue weighted by Crippen LogP contribution is 2.49. The molecule has 6 heterocycles. The number of methoxy groups -OCH3 is 2. The Labute approximate surface area is 368 Å². The highest BCUT2D eigenvalue weighted by molar-refractivity contribution is 5.76. The molecule has 21 atom stereocenters. The lowest BCUT2D eigenvalue weighted by atomic mass is 9.66. The minimum Gasteiger partial charge on any atom is -0.462 e. The molecule has 0 aromatic carbocycles. The van der Waals surface area contributed by atoms with Crippen molar-refractivity contribution in [3.8, 4) is 0 Å². The van der Waals surface area contributed by atoms with Gasteiger partial charge >= 0.3 is 5.97 Å². The Hall–Kier alpha value is -2.05. The number of carbonyl (C=O) groups is 1. The second-order valence-electron chi connectivity index (χ2n) is 19.4. The topological polar surface area (TPSA) is 170 Å². The summed E-state index contributed by atoms with van der Waals surface area (Å²) < 4.78 is 63.8. The Balaban J connectivity index is 1.18. The molecule has 7 rings (SSSR count). The summed E-state index contributed by atoms with van der Waals surface area (Å²) in [5, 5.41) is 34.3. The van der Waals surface area contributed by atoms with Crippen molar-refractivity contribution >= 4 is 5.97 Å². The monoisotopic (exact) mass is 875 g/mol. The summed E-state index contributed by atoms with van der Waals surface area (Å²) in [6.07, 6.45) is 7.63. The second-order valence-corrected chi connectivity index (χ2v) is 19.4. The first-order chi connectivity index (χ1) is 29.5. The number of aliphatic hydroxyl groups is 3. The number of esters is 1. The largest absolute Gasteiger partial charge is 0.462 e. The van der Waals surface area contributed by atoms with Crippen molar-refractivity contribution in [1.29, 1.82) is 0 Å². The van der Waals surface area contributed by atoms with Crippen LogP contribution in [0.5, 0.6) is 0 Å². The number of rotatable bonds is 8. The Morgan fingerprint density at radius 3 is 2.31 bits per heavy atom. The van der Waals surface area contributed by atoms with Gasteiger partial charge in [0, 0.05) is 51.7 Å². The maximum Gasteiger partial charge on any atom is 0.312 e. The van der Waals surface area contributed by atoms with E-state index in [2.05, 4.69) is 39.8 Å². The second kappa shape index (κ2) is 19.8. The number of fused-ring (bicyclic) bond motifs is 2. The molecule has 7 aliphatic rings. The van der Waals surface area contributed by atoms with Crippen LogP contribution in [0.3, 0.4) is 0 Å². The molecule has 2 bridgehead atoms.